The van der Waals surface area contributed by atoms with Crippen molar-refractivity contribution in [2.24, 2.45) is 0 Å². The summed E-state index contributed by atoms with van der Waals surface area (Å²) in [7, 11) is 0. The lowest BCUT2D eigenvalue weighted by Crippen LogP contribution is -2.33. The number of carbonyl (C=O) groups is 1. The maximum absolute atomic E-state index is 10.7. The Morgan fingerprint density at radius 2 is 2.37 bits per heavy atom. The summed E-state index contributed by atoms with van der Waals surface area (Å²) in [5.41, 5.74) is 1.06. The summed E-state index contributed by atoms with van der Waals surface area (Å²) in [6.07, 6.45) is 1.11. The fourth-order valence-corrected chi connectivity index (χ4v) is 2.38. The lowest BCUT2D eigenvalue weighted by atomic mass is 10.2. The molecule has 1 aliphatic heterocycles. The Hall–Kier alpha value is -1.26. The molecule has 5 heteroatoms. The van der Waals surface area contributed by atoms with E-state index < -0.39 is 5.97 Å². The zero-order valence-corrected chi connectivity index (χ0v) is 11.7. The topological polar surface area (TPSA) is 49.8 Å². The molecule has 0 radical (unpaired) electrons. The minimum Gasteiger partial charge on any atom is -0.489 e. The second kappa shape index (κ2) is 6.26. The fourth-order valence-electron chi connectivity index (χ4n) is 2.22. The normalized spacial score (nSPS) is 19.4. The van der Waals surface area contributed by atoms with Gasteiger partial charge in [-0.25, -0.2) is 0 Å². The highest BCUT2D eigenvalue weighted by Crippen LogP contribution is 2.29. The van der Waals surface area contributed by atoms with Gasteiger partial charge >= 0.3 is 5.97 Å². The number of hydrogen-bond donors (Lipinski definition) is 1. The first-order chi connectivity index (χ1) is 9.08. The molecule has 4 nitrogen and oxygen atoms in total. The summed E-state index contributed by atoms with van der Waals surface area (Å²) in [5, 5.41) is 9.45. The van der Waals surface area contributed by atoms with E-state index in [0.29, 0.717) is 18.1 Å². The lowest BCUT2D eigenvalue weighted by Gasteiger charge is -2.22. The molecule has 0 amide bonds. The quantitative estimate of drug-likeness (QED) is 0.923. The summed E-state index contributed by atoms with van der Waals surface area (Å²) in [6, 6.07) is 5.62. The van der Waals surface area contributed by atoms with E-state index in [9.17, 15) is 4.79 Å². The van der Waals surface area contributed by atoms with Crippen LogP contribution in [0.4, 0.5) is 0 Å². The van der Waals surface area contributed by atoms with Gasteiger partial charge in [-0.3, -0.25) is 9.69 Å². The highest BCUT2D eigenvalue weighted by atomic mass is 35.5. The van der Waals surface area contributed by atoms with Crippen LogP contribution in [0.3, 0.4) is 0 Å². The average molecular weight is 284 g/mol. The Bertz CT molecular complexity index is 464. The number of ether oxygens (including phenoxy) is 1. The van der Waals surface area contributed by atoms with Gasteiger partial charge in [0.2, 0.25) is 0 Å². The SMILES string of the molecule is CCC1CN(CCC(=O)O)Cc2ccc(Cl)cc2O1. The van der Waals surface area contributed by atoms with Crippen molar-refractivity contribution in [3.63, 3.8) is 0 Å². The first kappa shape index (κ1) is 14.2. The molecule has 1 heterocycles. The molecule has 0 fully saturated rings. The van der Waals surface area contributed by atoms with E-state index in [-0.39, 0.29) is 12.5 Å². The van der Waals surface area contributed by atoms with Crippen molar-refractivity contribution in [2.45, 2.75) is 32.4 Å². The van der Waals surface area contributed by atoms with Gasteiger partial charge in [-0.15, -0.1) is 0 Å². The molecule has 19 heavy (non-hydrogen) atoms. The molecule has 1 aromatic carbocycles. The Balaban J connectivity index is 2.16. The van der Waals surface area contributed by atoms with E-state index in [0.717, 1.165) is 24.3 Å². The van der Waals surface area contributed by atoms with Gasteiger partial charge in [0.05, 0.1) is 6.42 Å². The van der Waals surface area contributed by atoms with Crippen LogP contribution >= 0.6 is 11.6 Å². The van der Waals surface area contributed by atoms with Crippen LogP contribution in [0.2, 0.25) is 5.02 Å². The zero-order chi connectivity index (χ0) is 13.8. The van der Waals surface area contributed by atoms with Crippen LogP contribution in [0, 0.1) is 0 Å². The molecule has 2 rings (SSSR count). The van der Waals surface area contributed by atoms with Gasteiger partial charge < -0.3 is 9.84 Å². The average Bonchev–Trinajstić information content (AvgIpc) is 2.54. The molecule has 1 atom stereocenters. The van der Waals surface area contributed by atoms with Crippen LogP contribution in [0.1, 0.15) is 25.3 Å². The summed E-state index contributed by atoms with van der Waals surface area (Å²) in [4.78, 5) is 12.8. The number of aliphatic carboxylic acids is 1. The molecule has 0 saturated carbocycles. The van der Waals surface area contributed by atoms with Crippen molar-refractivity contribution in [2.75, 3.05) is 13.1 Å². The van der Waals surface area contributed by atoms with Crippen molar-refractivity contribution < 1.29 is 14.6 Å². The lowest BCUT2D eigenvalue weighted by molar-refractivity contribution is -0.137. The highest BCUT2D eigenvalue weighted by molar-refractivity contribution is 6.30. The van der Waals surface area contributed by atoms with Crippen molar-refractivity contribution in [3.05, 3.63) is 28.8 Å². The molecule has 104 valence electrons. The monoisotopic (exact) mass is 283 g/mol. The van der Waals surface area contributed by atoms with Gasteiger partial charge in [-0.1, -0.05) is 24.6 Å². The van der Waals surface area contributed by atoms with Crippen molar-refractivity contribution >= 4 is 17.6 Å². The minimum absolute atomic E-state index is 0.0773. The van der Waals surface area contributed by atoms with E-state index in [1.165, 1.54) is 0 Å². The summed E-state index contributed by atoms with van der Waals surface area (Å²) < 4.78 is 5.95. The first-order valence-electron chi connectivity index (χ1n) is 6.47. The molecule has 1 N–H and O–H groups in total. The molecule has 1 unspecified atom stereocenters. The van der Waals surface area contributed by atoms with E-state index in [4.69, 9.17) is 21.4 Å². The highest BCUT2D eigenvalue weighted by Gasteiger charge is 2.22. The second-order valence-electron chi connectivity index (χ2n) is 4.78. The largest absolute Gasteiger partial charge is 0.489 e. The predicted molar refractivity (Wildman–Crippen MR) is 73.7 cm³/mol. The first-order valence-corrected chi connectivity index (χ1v) is 6.85. The number of fused-ring (bicyclic) bond motifs is 1. The summed E-state index contributed by atoms with van der Waals surface area (Å²) >= 11 is 5.99. The third-order valence-corrected chi connectivity index (χ3v) is 3.51. The van der Waals surface area contributed by atoms with Crippen LogP contribution in [0.5, 0.6) is 5.75 Å². The molecule has 1 aliphatic rings. The van der Waals surface area contributed by atoms with Crippen LogP contribution in [0.25, 0.3) is 0 Å². The molecule has 0 aromatic heterocycles. The second-order valence-corrected chi connectivity index (χ2v) is 5.22. The van der Waals surface area contributed by atoms with E-state index in [1.807, 2.05) is 18.2 Å². The molecule has 1 aromatic rings. The van der Waals surface area contributed by atoms with Gasteiger partial charge in [0.1, 0.15) is 11.9 Å². The number of hydrogen-bond acceptors (Lipinski definition) is 3. The third-order valence-electron chi connectivity index (χ3n) is 3.28. The van der Waals surface area contributed by atoms with Crippen LogP contribution < -0.4 is 4.74 Å². The smallest absolute Gasteiger partial charge is 0.304 e. The van der Waals surface area contributed by atoms with Gasteiger partial charge in [-0.2, -0.15) is 0 Å². The maximum Gasteiger partial charge on any atom is 0.304 e. The van der Waals surface area contributed by atoms with Gasteiger partial charge in [0, 0.05) is 30.2 Å². The molecule has 0 aliphatic carbocycles. The Kier molecular flexibility index (Phi) is 4.66. The fraction of sp³-hybridized carbons (Fsp3) is 0.500. The number of carboxylic acids is 1. The minimum atomic E-state index is -0.769. The zero-order valence-electron chi connectivity index (χ0n) is 10.9. The van der Waals surface area contributed by atoms with Gasteiger partial charge in [0.25, 0.3) is 0 Å². The van der Waals surface area contributed by atoms with Crippen LogP contribution in [0.15, 0.2) is 18.2 Å². The molecule has 0 spiro atoms. The summed E-state index contributed by atoms with van der Waals surface area (Å²) in [5.74, 6) is 0.0479. The Morgan fingerprint density at radius 3 is 3.05 bits per heavy atom. The predicted octanol–water partition coefficient (Wildman–Crippen LogP) is 2.79. The number of benzene rings is 1. The number of halogens is 1. The van der Waals surface area contributed by atoms with Crippen molar-refractivity contribution in [3.8, 4) is 5.75 Å². The Morgan fingerprint density at radius 1 is 1.58 bits per heavy atom. The van der Waals surface area contributed by atoms with Crippen molar-refractivity contribution in [1.29, 1.82) is 0 Å². The molecular weight excluding hydrogens is 266 g/mol. The van der Waals surface area contributed by atoms with Crippen LogP contribution in [-0.4, -0.2) is 35.2 Å². The Labute approximate surface area is 117 Å². The van der Waals surface area contributed by atoms with E-state index >= 15 is 0 Å². The van der Waals surface area contributed by atoms with E-state index in [2.05, 4.69) is 11.8 Å². The third kappa shape index (κ3) is 3.85. The van der Waals surface area contributed by atoms with Crippen molar-refractivity contribution in [1.82, 2.24) is 4.90 Å². The van der Waals surface area contributed by atoms with Gasteiger partial charge in [0.15, 0.2) is 0 Å². The van der Waals surface area contributed by atoms with Gasteiger partial charge in [-0.05, 0) is 18.6 Å². The molecular formula is C14H18ClNO3. The standard InChI is InChI=1S/C14H18ClNO3/c1-2-12-9-16(6-5-14(17)18)8-10-3-4-11(15)7-13(10)19-12/h3-4,7,12H,2,5-6,8-9H2,1H3,(H,17,18). The number of nitrogens with zero attached hydrogens (tertiary/aromatic N) is 1. The molecule has 0 saturated heterocycles. The molecule has 0 bridgehead atoms. The number of carboxylic acid groups (broad SMARTS) is 1. The summed E-state index contributed by atoms with van der Waals surface area (Å²) in [6.45, 7) is 4.05. The maximum atomic E-state index is 10.7. The van der Waals surface area contributed by atoms with E-state index in [1.54, 1.807) is 0 Å². The van der Waals surface area contributed by atoms with Crippen LogP contribution in [-0.2, 0) is 11.3 Å². The number of rotatable bonds is 4.